The van der Waals surface area contributed by atoms with Crippen LogP contribution in [-0.2, 0) is 6.42 Å². The van der Waals surface area contributed by atoms with E-state index >= 15 is 4.39 Å². The third-order valence-corrected chi connectivity index (χ3v) is 9.89. The Bertz CT molecular complexity index is 1570. The Morgan fingerprint density at radius 2 is 1.93 bits per heavy atom. The van der Waals surface area contributed by atoms with Crippen LogP contribution in [0.1, 0.15) is 93.4 Å². The van der Waals surface area contributed by atoms with Gasteiger partial charge in [-0.05, 0) is 80.1 Å². The van der Waals surface area contributed by atoms with Gasteiger partial charge in [-0.3, -0.25) is 4.90 Å². The van der Waals surface area contributed by atoms with Crippen molar-refractivity contribution in [2.45, 2.75) is 83.0 Å². The first-order chi connectivity index (χ1) is 21.2. The number of phenolic OH excluding ortho intramolecular Hbond substituents is 1. The van der Waals surface area contributed by atoms with Crippen molar-refractivity contribution in [3.05, 3.63) is 52.5 Å². The minimum atomic E-state index is -1.80. The first kappa shape index (κ1) is 30.5. The third-order valence-electron chi connectivity index (χ3n) is 9.89. The zero-order chi connectivity index (χ0) is 31.0. The Balaban J connectivity index is 1.42. The Morgan fingerprint density at radius 1 is 1.16 bits per heavy atom. The van der Waals surface area contributed by atoms with Crippen LogP contribution in [0, 0.1) is 24.1 Å². The van der Waals surface area contributed by atoms with E-state index in [4.69, 9.17) is 26.9 Å². The van der Waals surface area contributed by atoms with E-state index in [2.05, 4.69) is 22.6 Å². The maximum absolute atomic E-state index is 16.9. The average molecular weight is 604 g/mol. The highest BCUT2D eigenvalue weighted by Gasteiger charge is 2.48. The fraction of sp³-hybridized carbons (Fsp3) is 0.543. The molecule has 6 rings (SSSR count). The van der Waals surface area contributed by atoms with Gasteiger partial charge in [0, 0.05) is 30.6 Å². The summed E-state index contributed by atoms with van der Waals surface area (Å²) in [4.78, 5) is 14.4. The summed E-state index contributed by atoms with van der Waals surface area (Å²) in [5, 5.41) is 11.3. The Labute approximate surface area is 258 Å². The maximum Gasteiger partial charge on any atom is 0.318 e. The first-order valence-corrected chi connectivity index (χ1v) is 16.1. The Hall–Kier alpha value is -3.48. The first-order valence-electron chi connectivity index (χ1n) is 16.1. The van der Waals surface area contributed by atoms with Gasteiger partial charge in [0.15, 0.2) is 6.17 Å². The quantitative estimate of drug-likeness (QED) is 0.290. The highest BCUT2D eigenvalue weighted by Crippen LogP contribution is 2.43. The molecule has 4 atom stereocenters. The van der Waals surface area contributed by atoms with Gasteiger partial charge in [0.2, 0.25) is 0 Å². The SMILES string of the molecule is C#Cc1c(F)ccc2cc(O)cc(C(N)C(F)c3nc(OC[C@@]45CCCN4CC(C)C5)nc(N4CCCCCC4)c3CC)c12. The molecule has 3 aromatic rings. The van der Waals surface area contributed by atoms with Crippen molar-refractivity contribution in [3.8, 4) is 24.1 Å². The standard InChI is InChI=1S/C35H43F2N5O2/c1-4-25-28(36)12-11-23-17-24(43)18-27(29(23)25)31(38)30(37)32-26(5-2)33(41-14-8-6-7-9-15-41)40-34(39-32)44-21-35-13-10-16-42(35)20-22(3)19-35/h1,11-12,17-18,22,30-31,43H,5-10,13-16,19-21,38H2,2-3H3/t22?,30?,31?,35-/m0/s1. The molecule has 3 saturated heterocycles. The number of phenols is 1. The lowest BCUT2D eigenvalue weighted by Gasteiger charge is -2.32. The molecule has 3 aliphatic heterocycles. The number of rotatable bonds is 8. The van der Waals surface area contributed by atoms with Crippen molar-refractivity contribution >= 4 is 16.6 Å². The monoisotopic (exact) mass is 603 g/mol. The van der Waals surface area contributed by atoms with Crippen LogP contribution < -0.4 is 15.4 Å². The van der Waals surface area contributed by atoms with Gasteiger partial charge < -0.3 is 20.5 Å². The summed E-state index contributed by atoms with van der Waals surface area (Å²) in [5.74, 6) is 2.97. The molecule has 0 saturated carbocycles. The number of benzene rings is 2. The van der Waals surface area contributed by atoms with E-state index in [-0.39, 0.29) is 34.1 Å². The van der Waals surface area contributed by atoms with Crippen LogP contribution in [0.15, 0.2) is 24.3 Å². The van der Waals surface area contributed by atoms with Crippen LogP contribution in [0.25, 0.3) is 10.8 Å². The number of ether oxygens (including phenoxy) is 1. The lowest BCUT2D eigenvalue weighted by Crippen LogP contribution is -2.43. The fourth-order valence-corrected chi connectivity index (χ4v) is 7.85. The molecule has 0 bridgehead atoms. The molecule has 3 aliphatic rings. The second kappa shape index (κ2) is 12.5. The molecule has 7 nitrogen and oxygen atoms in total. The van der Waals surface area contributed by atoms with Crippen LogP contribution in [0.2, 0.25) is 0 Å². The molecule has 2 aromatic carbocycles. The van der Waals surface area contributed by atoms with Gasteiger partial charge in [-0.1, -0.05) is 38.7 Å². The lowest BCUT2D eigenvalue weighted by molar-refractivity contribution is 0.107. The molecular formula is C35H43F2N5O2. The van der Waals surface area contributed by atoms with Gasteiger partial charge in [0.1, 0.15) is 24.0 Å². The third kappa shape index (κ3) is 5.59. The summed E-state index contributed by atoms with van der Waals surface area (Å²) in [6.45, 7) is 8.46. The summed E-state index contributed by atoms with van der Waals surface area (Å²) in [6.07, 6.45) is 12.0. The number of hydrogen-bond acceptors (Lipinski definition) is 7. The van der Waals surface area contributed by atoms with Gasteiger partial charge in [-0.15, -0.1) is 6.42 Å². The minimum absolute atomic E-state index is 0.0148. The smallest absolute Gasteiger partial charge is 0.318 e. The fourth-order valence-electron chi connectivity index (χ4n) is 7.85. The zero-order valence-corrected chi connectivity index (χ0v) is 25.8. The van der Waals surface area contributed by atoms with Crippen LogP contribution >= 0.6 is 0 Å². The molecule has 3 N–H and O–H groups in total. The molecule has 0 spiro atoms. The number of alkyl halides is 1. The molecule has 1 aromatic heterocycles. The molecule has 4 heterocycles. The molecule has 3 unspecified atom stereocenters. The molecule has 9 heteroatoms. The number of halogens is 2. The largest absolute Gasteiger partial charge is 0.508 e. The molecule has 44 heavy (non-hydrogen) atoms. The highest BCUT2D eigenvalue weighted by molar-refractivity contribution is 5.93. The average Bonchev–Trinajstić information content (AvgIpc) is 3.40. The van der Waals surface area contributed by atoms with Gasteiger partial charge in [-0.2, -0.15) is 9.97 Å². The van der Waals surface area contributed by atoms with Crippen molar-refractivity contribution in [1.29, 1.82) is 0 Å². The molecular weight excluding hydrogens is 560 g/mol. The number of terminal acetylenes is 1. The van der Waals surface area contributed by atoms with E-state index in [1.54, 1.807) is 0 Å². The van der Waals surface area contributed by atoms with Gasteiger partial charge in [0.25, 0.3) is 0 Å². The van der Waals surface area contributed by atoms with E-state index in [1.165, 1.54) is 24.3 Å². The van der Waals surface area contributed by atoms with Crippen molar-refractivity contribution < 1.29 is 18.6 Å². The van der Waals surface area contributed by atoms with Crippen molar-refractivity contribution in [3.63, 3.8) is 0 Å². The highest BCUT2D eigenvalue weighted by atomic mass is 19.1. The van der Waals surface area contributed by atoms with E-state index < -0.39 is 18.0 Å². The number of fused-ring (bicyclic) bond motifs is 2. The van der Waals surface area contributed by atoms with Crippen LogP contribution in [0.5, 0.6) is 11.8 Å². The number of anilines is 1. The predicted molar refractivity (Wildman–Crippen MR) is 169 cm³/mol. The topological polar surface area (TPSA) is 87.7 Å². The molecule has 0 radical (unpaired) electrons. The van der Waals surface area contributed by atoms with E-state index in [0.717, 1.165) is 71.1 Å². The van der Waals surface area contributed by atoms with Gasteiger partial charge in [-0.25, -0.2) is 8.78 Å². The second-order valence-corrected chi connectivity index (χ2v) is 12.9. The minimum Gasteiger partial charge on any atom is -0.508 e. The summed E-state index contributed by atoms with van der Waals surface area (Å²) >= 11 is 0. The normalized spacial score (nSPS) is 23.7. The van der Waals surface area contributed by atoms with Crippen LogP contribution in [0.4, 0.5) is 14.6 Å². The Morgan fingerprint density at radius 3 is 2.66 bits per heavy atom. The van der Waals surface area contributed by atoms with E-state index in [0.29, 0.717) is 41.1 Å². The van der Waals surface area contributed by atoms with Crippen LogP contribution in [0.3, 0.4) is 0 Å². The number of hydrogen-bond donors (Lipinski definition) is 2. The molecule has 0 amide bonds. The predicted octanol–water partition coefficient (Wildman–Crippen LogP) is 6.36. The number of aromatic nitrogens is 2. The molecule has 0 aliphatic carbocycles. The summed E-state index contributed by atoms with van der Waals surface area (Å²) in [7, 11) is 0. The van der Waals surface area contributed by atoms with Gasteiger partial charge in [0.05, 0.1) is 22.8 Å². The maximum atomic E-state index is 16.9. The van der Waals surface area contributed by atoms with Crippen LogP contribution in [-0.4, -0.2) is 58.3 Å². The number of aromatic hydroxyl groups is 1. The molecule has 3 fully saturated rings. The number of nitrogens with zero attached hydrogens (tertiary/aromatic N) is 4. The summed E-state index contributed by atoms with van der Waals surface area (Å²) in [5.41, 5.74) is 7.68. The zero-order valence-electron chi connectivity index (χ0n) is 25.8. The van der Waals surface area contributed by atoms with Crippen molar-refractivity contribution in [2.24, 2.45) is 11.7 Å². The van der Waals surface area contributed by atoms with Crippen molar-refractivity contribution in [2.75, 3.05) is 37.7 Å². The van der Waals surface area contributed by atoms with E-state index in [9.17, 15) is 9.50 Å². The van der Waals surface area contributed by atoms with Crippen molar-refractivity contribution in [1.82, 2.24) is 14.9 Å². The molecule has 234 valence electrons. The van der Waals surface area contributed by atoms with Gasteiger partial charge >= 0.3 is 6.01 Å². The number of nitrogens with two attached hydrogens (primary N) is 1. The Kier molecular flexibility index (Phi) is 8.67. The second-order valence-electron chi connectivity index (χ2n) is 12.9. The summed E-state index contributed by atoms with van der Waals surface area (Å²) in [6, 6.07) is 4.46. The summed E-state index contributed by atoms with van der Waals surface area (Å²) < 4.78 is 38.2. The van der Waals surface area contributed by atoms with E-state index in [1.807, 2.05) is 6.92 Å². The lowest BCUT2D eigenvalue weighted by atomic mass is 9.90.